The molecule has 3 rings (SSSR count). The lowest BCUT2D eigenvalue weighted by molar-refractivity contribution is -0.134. The van der Waals surface area contributed by atoms with Gasteiger partial charge in [-0.1, -0.05) is 37.3 Å². The molecule has 4 nitrogen and oxygen atoms in total. The van der Waals surface area contributed by atoms with E-state index >= 15 is 0 Å². The monoisotopic (exact) mass is 343 g/mol. The Hall–Kier alpha value is -1.72. The summed E-state index contributed by atoms with van der Waals surface area (Å²) in [5.74, 6) is 0.813. The van der Waals surface area contributed by atoms with E-state index in [2.05, 4.69) is 24.0 Å². The van der Waals surface area contributed by atoms with Gasteiger partial charge in [-0.25, -0.2) is 4.98 Å². The lowest BCUT2D eigenvalue weighted by Gasteiger charge is -2.38. The molecule has 1 aromatic carbocycles. The number of hydrogen-bond donors (Lipinski definition) is 1. The zero-order valence-corrected chi connectivity index (χ0v) is 15.0. The number of nitrogens with zero attached hydrogens (tertiary/aromatic N) is 2. The van der Waals surface area contributed by atoms with Crippen LogP contribution in [0.5, 0.6) is 0 Å². The summed E-state index contributed by atoms with van der Waals surface area (Å²) in [6.07, 6.45) is 3.29. The summed E-state index contributed by atoms with van der Waals surface area (Å²) >= 11 is 1.63. The van der Waals surface area contributed by atoms with E-state index in [-0.39, 0.29) is 11.9 Å². The van der Waals surface area contributed by atoms with E-state index in [0.717, 1.165) is 36.5 Å². The molecule has 0 radical (unpaired) electrons. The number of carbonyl (C=O) groups is 1. The van der Waals surface area contributed by atoms with Gasteiger partial charge in [0, 0.05) is 30.9 Å². The molecule has 0 aliphatic carbocycles. The van der Waals surface area contributed by atoms with Crippen LogP contribution in [-0.4, -0.2) is 34.9 Å². The molecule has 0 spiro atoms. The summed E-state index contributed by atoms with van der Waals surface area (Å²) in [5.41, 5.74) is 8.00. The van der Waals surface area contributed by atoms with E-state index in [9.17, 15) is 4.79 Å². The van der Waals surface area contributed by atoms with Crippen LogP contribution in [0.2, 0.25) is 0 Å². The van der Waals surface area contributed by atoms with Crippen LogP contribution in [-0.2, 0) is 17.6 Å². The molecule has 2 unspecified atom stereocenters. The maximum Gasteiger partial charge on any atom is 0.228 e. The standard InChI is InChI=1S/C19H25N3OS/c1-14-7-8-22(17(9-14)12-20)19(23)11-16-13-24-18(21-16)10-15-5-3-2-4-6-15/h2-6,13-14,17H,7-12,20H2,1H3. The maximum atomic E-state index is 12.6. The molecule has 1 fully saturated rings. The van der Waals surface area contributed by atoms with Gasteiger partial charge < -0.3 is 10.6 Å². The minimum absolute atomic E-state index is 0.161. The Morgan fingerprint density at radius 3 is 2.92 bits per heavy atom. The fourth-order valence-electron chi connectivity index (χ4n) is 3.34. The topological polar surface area (TPSA) is 59.2 Å². The molecular formula is C19H25N3OS. The highest BCUT2D eigenvalue weighted by atomic mass is 32.1. The second kappa shape index (κ2) is 7.90. The molecule has 2 heterocycles. The van der Waals surface area contributed by atoms with Crippen LogP contribution in [0.15, 0.2) is 35.7 Å². The Balaban J connectivity index is 1.60. The Morgan fingerprint density at radius 2 is 2.17 bits per heavy atom. The summed E-state index contributed by atoms with van der Waals surface area (Å²) in [5, 5.41) is 3.08. The molecule has 2 aromatic rings. The summed E-state index contributed by atoms with van der Waals surface area (Å²) in [7, 11) is 0. The number of carbonyl (C=O) groups excluding carboxylic acids is 1. The quantitative estimate of drug-likeness (QED) is 0.908. The molecule has 1 aliphatic heterocycles. The number of rotatable bonds is 5. The zero-order chi connectivity index (χ0) is 16.9. The smallest absolute Gasteiger partial charge is 0.228 e. The first-order valence-electron chi connectivity index (χ1n) is 8.62. The largest absolute Gasteiger partial charge is 0.338 e. The average molecular weight is 343 g/mol. The van der Waals surface area contributed by atoms with Gasteiger partial charge in [-0.3, -0.25) is 4.79 Å². The number of benzene rings is 1. The van der Waals surface area contributed by atoms with E-state index in [1.54, 1.807) is 11.3 Å². The van der Waals surface area contributed by atoms with Crippen LogP contribution in [0.4, 0.5) is 0 Å². The van der Waals surface area contributed by atoms with Gasteiger partial charge >= 0.3 is 0 Å². The fourth-order valence-corrected chi connectivity index (χ4v) is 4.17. The maximum absolute atomic E-state index is 12.6. The van der Waals surface area contributed by atoms with Crippen LogP contribution in [0, 0.1) is 5.92 Å². The zero-order valence-electron chi connectivity index (χ0n) is 14.1. The Labute approximate surface area is 147 Å². The van der Waals surface area contributed by atoms with Crippen molar-refractivity contribution in [2.75, 3.05) is 13.1 Å². The SMILES string of the molecule is CC1CCN(C(=O)Cc2csc(Cc3ccccc3)n2)C(CN)C1. The first-order chi connectivity index (χ1) is 11.7. The molecule has 2 N–H and O–H groups in total. The second-order valence-corrected chi connectivity index (χ2v) is 7.62. The minimum atomic E-state index is 0.161. The third-order valence-electron chi connectivity index (χ3n) is 4.70. The van der Waals surface area contributed by atoms with Gasteiger partial charge in [0.1, 0.15) is 0 Å². The molecule has 1 amide bonds. The Morgan fingerprint density at radius 1 is 1.38 bits per heavy atom. The average Bonchev–Trinajstić information content (AvgIpc) is 3.02. The van der Waals surface area contributed by atoms with Crippen LogP contribution in [0.1, 0.15) is 36.0 Å². The summed E-state index contributed by atoms with van der Waals surface area (Å²) in [6.45, 7) is 3.61. The number of amides is 1. The molecule has 0 bridgehead atoms. The summed E-state index contributed by atoms with van der Waals surface area (Å²) in [6, 6.07) is 10.5. The minimum Gasteiger partial charge on any atom is -0.338 e. The van der Waals surface area contributed by atoms with Crippen molar-refractivity contribution in [3.8, 4) is 0 Å². The number of hydrogen-bond acceptors (Lipinski definition) is 4. The molecule has 2 atom stereocenters. The predicted octanol–water partition coefficient (Wildman–Crippen LogP) is 2.86. The predicted molar refractivity (Wildman–Crippen MR) is 98.0 cm³/mol. The van der Waals surface area contributed by atoms with E-state index < -0.39 is 0 Å². The number of aromatic nitrogens is 1. The molecule has 1 aliphatic rings. The number of nitrogens with two attached hydrogens (primary N) is 1. The number of likely N-dealkylation sites (tertiary alicyclic amines) is 1. The molecule has 0 saturated carbocycles. The van der Waals surface area contributed by atoms with E-state index in [1.165, 1.54) is 5.56 Å². The lowest BCUT2D eigenvalue weighted by atomic mass is 9.92. The highest BCUT2D eigenvalue weighted by molar-refractivity contribution is 7.09. The number of thiazole rings is 1. The van der Waals surface area contributed by atoms with Crippen molar-refractivity contribution in [3.05, 3.63) is 52.0 Å². The van der Waals surface area contributed by atoms with Gasteiger partial charge in [0.25, 0.3) is 0 Å². The first-order valence-corrected chi connectivity index (χ1v) is 9.50. The highest BCUT2D eigenvalue weighted by Crippen LogP contribution is 2.23. The molecule has 1 aromatic heterocycles. The van der Waals surface area contributed by atoms with Gasteiger partial charge in [0.2, 0.25) is 5.91 Å². The number of piperidine rings is 1. The van der Waals surface area contributed by atoms with Crippen molar-refractivity contribution in [2.45, 2.75) is 38.6 Å². The third kappa shape index (κ3) is 4.22. The second-order valence-electron chi connectivity index (χ2n) is 6.68. The van der Waals surface area contributed by atoms with E-state index in [1.807, 2.05) is 28.5 Å². The van der Waals surface area contributed by atoms with Crippen LogP contribution in [0.3, 0.4) is 0 Å². The molecule has 24 heavy (non-hydrogen) atoms. The van der Waals surface area contributed by atoms with Crippen LogP contribution >= 0.6 is 11.3 Å². The Bertz CT molecular complexity index is 670. The van der Waals surface area contributed by atoms with Crippen molar-refractivity contribution in [1.29, 1.82) is 0 Å². The van der Waals surface area contributed by atoms with E-state index in [0.29, 0.717) is 18.9 Å². The van der Waals surface area contributed by atoms with Gasteiger partial charge in [-0.2, -0.15) is 0 Å². The summed E-state index contributed by atoms with van der Waals surface area (Å²) < 4.78 is 0. The van der Waals surface area contributed by atoms with Crippen molar-refractivity contribution < 1.29 is 4.79 Å². The van der Waals surface area contributed by atoms with Gasteiger partial charge in [-0.15, -0.1) is 11.3 Å². The van der Waals surface area contributed by atoms with Gasteiger partial charge in [-0.05, 0) is 24.3 Å². The first kappa shape index (κ1) is 17.1. The highest BCUT2D eigenvalue weighted by Gasteiger charge is 2.29. The van der Waals surface area contributed by atoms with E-state index in [4.69, 9.17) is 5.73 Å². The normalized spacial score (nSPS) is 21.0. The lowest BCUT2D eigenvalue weighted by Crippen LogP contribution is -2.49. The molecule has 128 valence electrons. The van der Waals surface area contributed by atoms with Gasteiger partial charge in [0.15, 0.2) is 0 Å². The van der Waals surface area contributed by atoms with Crippen molar-refractivity contribution in [3.63, 3.8) is 0 Å². The molecule has 1 saturated heterocycles. The fraction of sp³-hybridized carbons (Fsp3) is 0.474. The van der Waals surface area contributed by atoms with Crippen LogP contribution < -0.4 is 5.73 Å². The molecular weight excluding hydrogens is 318 g/mol. The Kier molecular flexibility index (Phi) is 5.63. The van der Waals surface area contributed by atoms with Crippen LogP contribution in [0.25, 0.3) is 0 Å². The van der Waals surface area contributed by atoms with Crippen molar-refractivity contribution in [2.24, 2.45) is 11.7 Å². The third-order valence-corrected chi connectivity index (χ3v) is 5.60. The van der Waals surface area contributed by atoms with Crippen molar-refractivity contribution >= 4 is 17.2 Å². The molecule has 5 heteroatoms. The van der Waals surface area contributed by atoms with Gasteiger partial charge in [0.05, 0.1) is 17.1 Å². The van der Waals surface area contributed by atoms with Crippen molar-refractivity contribution in [1.82, 2.24) is 9.88 Å². The summed E-state index contributed by atoms with van der Waals surface area (Å²) in [4.78, 5) is 19.3.